The molecule has 5 heteroatoms. The Labute approximate surface area is 174 Å². The lowest BCUT2D eigenvalue weighted by Crippen LogP contribution is -2.38. The fraction of sp³-hybridized carbons (Fsp3) is 0.120. The van der Waals surface area contributed by atoms with Gasteiger partial charge < -0.3 is 14.6 Å². The van der Waals surface area contributed by atoms with Gasteiger partial charge in [-0.1, -0.05) is 54.6 Å². The van der Waals surface area contributed by atoms with Crippen LogP contribution in [0.2, 0.25) is 0 Å². The van der Waals surface area contributed by atoms with Crippen LogP contribution in [0.1, 0.15) is 27.6 Å². The number of benzene rings is 3. The van der Waals surface area contributed by atoms with Crippen LogP contribution in [0.15, 0.2) is 91.4 Å². The lowest BCUT2D eigenvalue weighted by atomic mass is 9.97. The van der Waals surface area contributed by atoms with Crippen molar-refractivity contribution in [1.82, 2.24) is 14.5 Å². The Bertz CT molecular complexity index is 1180. The van der Waals surface area contributed by atoms with Gasteiger partial charge in [-0.05, 0) is 35.4 Å². The molecule has 1 amide bonds. The van der Waals surface area contributed by atoms with Crippen LogP contribution in [-0.2, 0) is 6.54 Å². The van der Waals surface area contributed by atoms with Crippen molar-refractivity contribution in [3.63, 3.8) is 0 Å². The largest absolute Gasteiger partial charge is 0.387 e. The van der Waals surface area contributed by atoms with Gasteiger partial charge in [0.25, 0.3) is 5.91 Å². The molecule has 5 rings (SSSR count). The maximum absolute atomic E-state index is 13.0. The van der Waals surface area contributed by atoms with Crippen LogP contribution >= 0.6 is 0 Å². The third kappa shape index (κ3) is 3.40. The molecule has 0 saturated carbocycles. The predicted octanol–water partition coefficient (Wildman–Crippen LogP) is 4.23. The van der Waals surface area contributed by atoms with Gasteiger partial charge in [0.2, 0.25) is 0 Å². The van der Waals surface area contributed by atoms with Crippen molar-refractivity contribution in [2.45, 2.75) is 12.6 Å². The monoisotopic (exact) mass is 395 g/mol. The summed E-state index contributed by atoms with van der Waals surface area (Å²) in [5, 5.41) is 10.4. The van der Waals surface area contributed by atoms with Gasteiger partial charge in [-0.25, -0.2) is 4.98 Å². The zero-order valence-electron chi connectivity index (χ0n) is 16.3. The van der Waals surface area contributed by atoms with E-state index in [-0.39, 0.29) is 5.91 Å². The summed E-state index contributed by atoms with van der Waals surface area (Å²) in [5.74, 6) is -0.0788. The highest BCUT2D eigenvalue weighted by atomic mass is 16.3. The molecule has 0 aliphatic carbocycles. The maximum Gasteiger partial charge on any atom is 0.254 e. The van der Waals surface area contributed by atoms with Crippen LogP contribution in [0, 0.1) is 0 Å². The van der Waals surface area contributed by atoms with E-state index in [0.717, 1.165) is 28.1 Å². The molecular formula is C25H21N3O2. The fourth-order valence-electron chi connectivity index (χ4n) is 3.91. The van der Waals surface area contributed by atoms with E-state index in [1.807, 2.05) is 89.6 Å². The minimum absolute atomic E-state index is 0.0788. The quantitative estimate of drug-likeness (QED) is 0.565. The third-order valence-electron chi connectivity index (χ3n) is 5.52. The number of amides is 1. The molecule has 1 atom stereocenters. The summed E-state index contributed by atoms with van der Waals surface area (Å²) in [5.41, 5.74) is 5.35. The number of nitrogens with zero attached hydrogens (tertiary/aromatic N) is 3. The smallest absolute Gasteiger partial charge is 0.254 e. The van der Waals surface area contributed by atoms with Crippen molar-refractivity contribution in [1.29, 1.82) is 0 Å². The van der Waals surface area contributed by atoms with E-state index in [1.54, 1.807) is 11.2 Å². The minimum Gasteiger partial charge on any atom is -0.387 e. The summed E-state index contributed by atoms with van der Waals surface area (Å²) in [4.78, 5) is 19.2. The van der Waals surface area contributed by atoms with Gasteiger partial charge in [-0.3, -0.25) is 4.79 Å². The van der Waals surface area contributed by atoms with Crippen molar-refractivity contribution < 1.29 is 9.90 Å². The van der Waals surface area contributed by atoms with Crippen molar-refractivity contribution >= 4 is 5.91 Å². The molecule has 1 aromatic heterocycles. The molecule has 0 spiro atoms. The van der Waals surface area contributed by atoms with Crippen molar-refractivity contribution in [2.75, 3.05) is 6.54 Å². The number of hydrogen-bond donors (Lipinski definition) is 1. The summed E-state index contributed by atoms with van der Waals surface area (Å²) in [7, 11) is 0. The van der Waals surface area contributed by atoms with E-state index in [1.165, 1.54) is 0 Å². The Morgan fingerprint density at radius 3 is 2.47 bits per heavy atom. The first-order chi connectivity index (χ1) is 14.7. The highest BCUT2D eigenvalue weighted by molar-refractivity contribution is 5.94. The van der Waals surface area contributed by atoms with Gasteiger partial charge >= 0.3 is 0 Å². The number of β-amino-alcohol motifs (C(OH)–C–C–N with tert-alkyl or cyclic N) is 1. The van der Waals surface area contributed by atoms with Crippen LogP contribution < -0.4 is 0 Å². The van der Waals surface area contributed by atoms with E-state index in [0.29, 0.717) is 18.7 Å². The number of fused-ring (bicyclic) bond motifs is 1. The van der Waals surface area contributed by atoms with Crippen molar-refractivity contribution in [3.8, 4) is 16.9 Å². The molecule has 3 aromatic carbocycles. The number of hydrogen-bond acceptors (Lipinski definition) is 3. The highest BCUT2D eigenvalue weighted by Gasteiger charge is 2.27. The van der Waals surface area contributed by atoms with E-state index in [4.69, 9.17) is 0 Å². The summed E-state index contributed by atoms with van der Waals surface area (Å²) in [6.07, 6.45) is 3.11. The molecule has 0 saturated heterocycles. The second-order valence-electron chi connectivity index (χ2n) is 7.48. The Hall–Kier alpha value is -3.70. The number of para-hydroxylation sites is 1. The summed E-state index contributed by atoms with van der Waals surface area (Å²) < 4.78 is 1.97. The second kappa shape index (κ2) is 7.61. The van der Waals surface area contributed by atoms with Crippen LogP contribution in [-0.4, -0.2) is 32.0 Å². The topological polar surface area (TPSA) is 58.4 Å². The molecule has 1 aliphatic heterocycles. The van der Waals surface area contributed by atoms with Crippen molar-refractivity contribution in [2.24, 2.45) is 0 Å². The standard InChI is InChI=1S/C25H21N3O2/c29-24-16-27(14-20-6-4-5-9-22(20)24)25(30)19-12-10-18(11-13-19)23-15-28(17-26-23)21-7-2-1-3-8-21/h1-13,15,17,24,29H,14,16H2/t24-/m1/s1. The number of imidazole rings is 1. The second-order valence-corrected chi connectivity index (χ2v) is 7.48. The van der Waals surface area contributed by atoms with E-state index < -0.39 is 6.10 Å². The Morgan fingerprint density at radius 1 is 0.933 bits per heavy atom. The fourth-order valence-corrected chi connectivity index (χ4v) is 3.91. The summed E-state index contributed by atoms with van der Waals surface area (Å²) in [6.45, 7) is 0.814. The average molecular weight is 395 g/mol. The van der Waals surface area contributed by atoms with Crippen LogP contribution in [0.5, 0.6) is 0 Å². The van der Waals surface area contributed by atoms with E-state index >= 15 is 0 Å². The molecule has 148 valence electrons. The van der Waals surface area contributed by atoms with E-state index in [2.05, 4.69) is 4.98 Å². The Balaban J connectivity index is 1.34. The lowest BCUT2D eigenvalue weighted by molar-refractivity contribution is 0.0550. The van der Waals surface area contributed by atoms with Crippen LogP contribution in [0.4, 0.5) is 0 Å². The van der Waals surface area contributed by atoms with Crippen LogP contribution in [0.25, 0.3) is 16.9 Å². The maximum atomic E-state index is 13.0. The lowest BCUT2D eigenvalue weighted by Gasteiger charge is -2.32. The number of aliphatic hydroxyl groups is 1. The number of carbonyl (C=O) groups excluding carboxylic acids is 1. The Morgan fingerprint density at radius 2 is 1.67 bits per heavy atom. The molecule has 0 fully saturated rings. The van der Waals surface area contributed by atoms with Gasteiger partial charge in [-0.2, -0.15) is 0 Å². The average Bonchev–Trinajstić information content (AvgIpc) is 3.30. The Kier molecular flexibility index (Phi) is 4.65. The summed E-state index contributed by atoms with van der Waals surface area (Å²) in [6, 6.07) is 25.2. The summed E-state index contributed by atoms with van der Waals surface area (Å²) >= 11 is 0. The zero-order chi connectivity index (χ0) is 20.5. The van der Waals surface area contributed by atoms with Gasteiger partial charge in [-0.15, -0.1) is 0 Å². The SMILES string of the molecule is O=C(c1ccc(-c2cn(-c3ccccc3)cn2)cc1)N1Cc2ccccc2[C@H](O)C1. The molecule has 5 nitrogen and oxygen atoms in total. The molecule has 0 bridgehead atoms. The first-order valence-electron chi connectivity index (χ1n) is 9.94. The first-order valence-corrected chi connectivity index (χ1v) is 9.94. The minimum atomic E-state index is -0.653. The molecule has 4 aromatic rings. The van der Waals surface area contributed by atoms with Gasteiger partial charge in [0, 0.05) is 29.6 Å². The van der Waals surface area contributed by atoms with E-state index in [9.17, 15) is 9.90 Å². The number of carbonyl (C=O) groups is 1. The molecule has 1 aliphatic rings. The number of rotatable bonds is 3. The molecule has 2 heterocycles. The van der Waals surface area contributed by atoms with Crippen molar-refractivity contribution in [3.05, 3.63) is 108 Å². The number of aliphatic hydroxyl groups excluding tert-OH is 1. The molecule has 0 unspecified atom stereocenters. The number of aromatic nitrogens is 2. The highest BCUT2D eigenvalue weighted by Crippen LogP contribution is 2.28. The van der Waals surface area contributed by atoms with Gasteiger partial charge in [0.1, 0.15) is 0 Å². The molecule has 1 N–H and O–H groups in total. The predicted molar refractivity (Wildman–Crippen MR) is 115 cm³/mol. The first kappa shape index (κ1) is 18.3. The molecule has 30 heavy (non-hydrogen) atoms. The zero-order valence-corrected chi connectivity index (χ0v) is 16.3. The van der Waals surface area contributed by atoms with Gasteiger partial charge in [0.05, 0.1) is 24.7 Å². The molecular weight excluding hydrogens is 374 g/mol. The van der Waals surface area contributed by atoms with Gasteiger partial charge in [0.15, 0.2) is 0 Å². The molecule has 0 radical (unpaired) electrons. The normalized spacial score (nSPS) is 15.6. The van der Waals surface area contributed by atoms with Crippen LogP contribution in [0.3, 0.4) is 0 Å². The third-order valence-corrected chi connectivity index (χ3v) is 5.52.